The van der Waals surface area contributed by atoms with Crippen molar-refractivity contribution in [2.24, 2.45) is 0 Å². The number of nitrogens with one attached hydrogen (secondary N) is 1. The van der Waals surface area contributed by atoms with Crippen molar-refractivity contribution in [2.45, 2.75) is 31.3 Å². The van der Waals surface area contributed by atoms with Crippen LogP contribution in [0, 0.1) is 0 Å². The molecule has 102 valence electrons. The van der Waals surface area contributed by atoms with Gasteiger partial charge in [0.05, 0.1) is 11.6 Å². The van der Waals surface area contributed by atoms with Gasteiger partial charge in [-0.2, -0.15) is 0 Å². The molecule has 1 aromatic carbocycles. The molecule has 0 aromatic heterocycles. The smallest absolute Gasteiger partial charge is 0.242 e. The molecule has 0 spiro atoms. The topological polar surface area (TPSA) is 66.4 Å². The van der Waals surface area contributed by atoms with E-state index < -0.39 is 10.0 Å². The van der Waals surface area contributed by atoms with Crippen LogP contribution in [0.2, 0.25) is 10.0 Å². The normalized spacial score (nSPS) is 11.8. The van der Waals surface area contributed by atoms with E-state index >= 15 is 0 Å². The number of aliphatic hydroxyl groups is 1. The van der Waals surface area contributed by atoms with E-state index in [-0.39, 0.29) is 21.5 Å². The van der Waals surface area contributed by atoms with Crippen molar-refractivity contribution < 1.29 is 13.5 Å². The van der Waals surface area contributed by atoms with Crippen molar-refractivity contribution in [1.29, 1.82) is 0 Å². The highest BCUT2D eigenvalue weighted by atomic mass is 35.5. The monoisotopic (exact) mass is 311 g/mol. The number of benzene rings is 1. The maximum atomic E-state index is 12.0. The summed E-state index contributed by atoms with van der Waals surface area (Å²) in [6, 6.07) is 2.71. The summed E-state index contributed by atoms with van der Waals surface area (Å²) < 4.78 is 26.5. The van der Waals surface area contributed by atoms with Gasteiger partial charge >= 0.3 is 0 Å². The summed E-state index contributed by atoms with van der Waals surface area (Å²) in [6.07, 6.45) is 1.62. The van der Waals surface area contributed by atoms with Gasteiger partial charge in [0.25, 0.3) is 0 Å². The zero-order chi connectivity index (χ0) is 13.8. The number of rotatable bonds is 6. The Kier molecular flexibility index (Phi) is 5.88. The number of aliphatic hydroxyl groups excluding tert-OH is 1. The molecule has 0 unspecified atom stereocenters. The number of hydrogen-bond acceptors (Lipinski definition) is 3. The highest BCUT2D eigenvalue weighted by molar-refractivity contribution is 7.89. The van der Waals surface area contributed by atoms with Gasteiger partial charge < -0.3 is 5.11 Å². The summed E-state index contributed by atoms with van der Waals surface area (Å²) in [5.74, 6) is 0. The van der Waals surface area contributed by atoms with Crippen molar-refractivity contribution in [3.63, 3.8) is 0 Å². The van der Waals surface area contributed by atoms with Crippen LogP contribution >= 0.6 is 23.2 Å². The molecule has 18 heavy (non-hydrogen) atoms. The van der Waals surface area contributed by atoms with Crippen LogP contribution in [0.3, 0.4) is 0 Å². The number of unbranched alkanes of at least 4 members (excludes halogenated alkanes) is 1. The fourth-order valence-electron chi connectivity index (χ4n) is 1.39. The minimum atomic E-state index is -3.70. The molecule has 4 nitrogen and oxygen atoms in total. The third kappa shape index (κ3) is 3.83. The number of halogens is 2. The molecule has 0 radical (unpaired) electrons. The third-order valence-corrected chi connectivity index (χ3v) is 4.62. The van der Waals surface area contributed by atoms with Crippen LogP contribution in [0.15, 0.2) is 17.0 Å². The summed E-state index contributed by atoms with van der Waals surface area (Å²) in [5.41, 5.74) is 0.292. The molecule has 0 amide bonds. The highest BCUT2D eigenvalue weighted by Crippen LogP contribution is 2.29. The predicted octanol–water partition coefficient (Wildman–Crippen LogP) is 2.56. The van der Waals surface area contributed by atoms with E-state index in [0.29, 0.717) is 12.1 Å². The summed E-state index contributed by atoms with van der Waals surface area (Å²) in [5, 5.41) is 9.32. The second-order valence-corrected chi connectivity index (χ2v) is 6.34. The zero-order valence-electron chi connectivity index (χ0n) is 9.91. The molecule has 0 heterocycles. The van der Waals surface area contributed by atoms with Crippen LogP contribution in [-0.4, -0.2) is 20.1 Å². The van der Waals surface area contributed by atoms with Crippen molar-refractivity contribution in [3.8, 4) is 0 Å². The molecule has 2 N–H and O–H groups in total. The Balaban J connectivity index is 3.12. The van der Waals surface area contributed by atoms with Gasteiger partial charge in [-0.05, 0) is 24.1 Å². The van der Waals surface area contributed by atoms with Crippen molar-refractivity contribution in [3.05, 3.63) is 27.7 Å². The lowest BCUT2D eigenvalue weighted by atomic mass is 10.2. The minimum Gasteiger partial charge on any atom is -0.392 e. The fraction of sp³-hybridized carbons (Fsp3) is 0.455. The largest absolute Gasteiger partial charge is 0.392 e. The fourth-order valence-corrected chi connectivity index (χ4v) is 3.39. The number of hydrogen-bond donors (Lipinski definition) is 2. The molecule has 0 aliphatic rings. The predicted molar refractivity (Wildman–Crippen MR) is 72.5 cm³/mol. The first-order valence-electron chi connectivity index (χ1n) is 5.50. The zero-order valence-corrected chi connectivity index (χ0v) is 12.2. The number of sulfonamides is 1. The molecular formula is C11H15Cl2NO3S. The van der Waals surface area contributed by atoms with Gasteiger partial charge in [0, 0.05) is 11.6 Å². The van der Waals surface area contributed by atoms with Gasteiger partial charge in [0.15, 0.2) is 0 Å². The van der Waals surface area contributed by atoms with Gasteiger partial charge in [0.1, 0.15) is 4.90 Å². The van der Waals surface area contributed by atoms with Crippen LogP contribution in [0.5, 0.6) is 0 Å². The standard InChI is InChI=1S/C11H15Cl2NO3S/c1-2-3-4-14-18(16,17)10-6-9(12)5-8(7-15)11(10)13/h5-6,14-15H,2-4,7H2,1H3. The Bertz CT molecular complexity index is 517. The molecule has 0 aliphatic heterocycles. The lowest BCUT2D eigenvalue weighted by Crippen LogP contribution is -2.25. The Labute approximate surface area is 117 Å². The molecule has 1 aromatic rings. The molecule has 0 bridgehead atoms. The third-order valence-electron chi connectivity index (χ3n) is 2.36. The van der Waals surface area contributed by atoms with E-state index in [0.717, 1.165) is 12.8 Å². The van der Waals surface area contributed by atoms with Crippen LogP contribution < -0.4 is 4.72 Å². The lowest BCUT2D eigenvalue weighted by Gasteiger charge is -2.11. The summed E-state index contributed by atoms with van der Waals surface area (Å²) >= 11 is 11.7. The second-order valence-electron chi connectivity index (χ2n) is 3.79. The molecule has 0 fully saturated rings. The Morgan fingerprint density at radius 2 is 2.00 bits per heavy atom. The van der Waals surface area contributed by atoms with Crippen molar-refractivity contribution >= 4 is 33.2 Å². The van der Waals surface area contributed by atoms with E-state index in [2.05, 4.69) is 4.72 Å². The molecule has 7 heteroatoms. The first-order chi connectivity index (χ1) is 8.42. The molecule has 0 aliphatic carbocycles. The van der Waals surface area contributed by atoms with Crippen LogP contribution in [-0.2, 0) is 16.6 Å². The van der Waals surface area contributed by atoms with Gasteiger partial charge in [-0.25, -0.2) is 13.1 Å². The molecular weight excluding hydrogens is 297 g/mol. The molecule has 0 atom stereocenters. The van der Waals surface area contributed by atoms with Gasteiger partial charge in [-0.1, -0.05) is 36.5 Å². The van der Waals surface area contributed by atoms with Crippen molar-refractivity contribution in [2.75, 3.05) is 6.54 Å². The summed E-state index contributed by atoms with van der Waals surface area (Å²) in [7, 11) is -3.70. The Hall–Kier alpha value is -0.330. The van der Waals surface area contributed by atoms with Crippen molar-refractivity contribution in [1.82, 2.24) is 4.72 Å². The summed E-state index contributed by atoms with van der Waals surface area (Å²) in [4.78, 5) is -0.100. The van der Waals surface area contributed by atoms with Crippen LogP contribution in [0.4, 0.5) is 0 Å². The Morgan fingerprint density at radius 1 is 1.33 bits per heavy atom. The minimum absolute atomic E-state index is 0.00546. The SMILES string of the molecule is CCCCNS(=O)(=O)c1cc(Cl)cc(CO)c1Cl. The second kappa shape index (κ2) is 6.73. The summed E-state index contributed by atoms with van der Waals surface area (Å²) in [6.45, 7) is 1.94. The Morgan fingerprint density at radius 3 is 2.56 bits per heavy atom. The molecule has 0 saturated carbocycles. The van der Waals surface area contributed by atoms with Gasteiger partial charge in [-0.3, -0.25) is 0 Å². The maximum absolute atomic E-state index is 12.0. The quantitative estimate of drug-likeness (QED) is 0.793. The first-order valence-corrected chi connectivity index (χ1v) is 7.74. The highest BCUT2D eigenvalue weighted by Gasteiger charge is 2.20. The molecule has 0 saturated heterocycles. The van der Waals surface area contributed by atoms with E-state index in [1.807, 2.05) is 6.92 Å². The average molecular weight is 312 g/mol. The van der Waals surface area contributed by atoms with Crippen LogP contribution in [0.25, 0.3) is 0 Å². The van der Waals surface area contributed by atoms with E-state index in [9.17, 15) is 8.42 Å². The van der Waals surface area contributed by atoms with Gasteiger partial charge in [0.2, 0.25) is 10.0 Å². The van der Waals surface area contributed by atoms with E-state index in [4.69, 9.17) is 28.3 Å². The first kappa shape index (κ1) is 15.7. The lowest BCUT2D eigenvalue weighted by molar-refractivity contribution is 0.281. The van der Waals surface area contributed by atoms with E-state index in [1.54, 1.807) is 0 Å². The van der Waals surface area contributed by atoms with E-state index in [1.165, 1.54) is 12.1 Å². The molecule has 1 rings (SSSR count). The van der Waals surface area contributed by atoms with Crippen LogP contribution in [0.1, 0.15) is 25.3 Å². The average Bonchev–Trinajstić information content (AvgIpc) is 2.31. The van der Waals surface area contributed by atoms with Gasteiger partial charge in [-0.15, -0.1) is 0 Å². The maximum Gasteiger partial charge on any atom is 0.242 e.